The summed E-state index contributed by atoms with van der Waals surface area (Å²) < 4.78 is 11.0. The van der Waals surface area contributed by atoms with Crippen LogP contribution in [-0.4, -0.2) is 0 Å². The molecule has 0 spiro atoms. The smallest absolute Gasteiger partial charge is 0.198 e. The summed E-state index contributed by atoms with van der Waals surface area (Å²) in [6.45, 7) is 13.1. The van der Waals surface area contributed by atoms with Crippen molar-refractivity contribution in [3.05, 3.63) is 76.5 Å². The van der Waals surface area contributed by atoms with Gasteiger partial charge in [-0.05, 0) is 65.6 Å². The molecule has 0 aliphatic carbocycles. The lowest BCUT2D eigenvalue weighted by molar-refractivity contribution is -0.665. The maximum atomic E-state index is 8.82. The molecule has 142 valence electrons. The molecule has 0 unspecified atom stereocenters. The van der Waals surface area contributed by atoms with Crippen LogP contribution in [0.1, 0.15) is 49.1 Å². The first-order valence-electron chi connectivity index (χ1n) is 10.6. The van der Waals surface area contributed by atoms with Gasteiger partial charge >= 0.3 is 0 Å². The van der Waals surface area contributed by atoms with Crippen molar-refractivity contribution < 1.29 is 5.94 Å². The first-order chi connectivity index (χ1) is 13.7. The highest BCUT2D eigenvalue weighted by Crippen LogP contribution is 2.36. The van der Waals surface area contributed by atoms with Crippen LogP contribution in [0.25, 0.3) is 32.8 Å². The van der Waals surface area contributed by atoms with Gasteiger partial charge in [0.2, 0.25) is 5.69 Å². The monoisotopic (exact) mass is 369 g/mol. The van der Waals surface area contributed by atoms with Crippen molar-refractivity contribution >= 4 is 21.5 Å². The van der Waals surface area contributed by atoms with Crippen LogP contribution in [0.15, 0.2) is 48.5 Å². The summed E-state index contributed by atoms with van der Waals surface area (Å²) in [6, 6.07) is 16.2. The molecule has 0 radical (unpaired) electrons. The van der Waals surface area contributed by atoms with Crippen LogP contribution < -0.4 is 4.57 Å². The first kappa shape index (κ1) is 17.4. The summed E-state index contributed by atoms with van der Waals surface area (Å²) in [5.74, 6) is 0.468. The summed E-state index contributed by atoms with van der Waals surface area (Å²) in [7, 11) is 2.10. The van der Waals surface area contributed by atoms with E-state index in [0.29, 0.717) is 12.0 Å². The van der Waals surface area contributed by atoms with E-state index < -0.39 is 0 Å². The Hall–Kier alpha value is -2.67. The highest BCUT2D eigenvalue weighted by atomic mass is 14.9. The number of aryl methyl sites for hydroxylation is 2. The second-order valence-electron chi connectivity index (χ2n) is 8.50. The maximum Gasteiger partial charge on any atom is 0.221 e. The van der Waals surface area contributed by atoms with Crippen molar-refractivity contribution in [2.45, 2.75) is 47.5 Å². The number of hydrogen-bond acceptors (Lipinski definition) is 0. The van der Waals surface area contributed by atoms with E-state index in [1.165, 1.54) is 49.7 Å². The van der Waals surface area contributed by atoms with Gasteiger partial charge in [-0.1, -0.05) is 55.8 Å². The minimum absolute atomic E-state index is 0.468. The molecule has 4 aromatic rings. The Kier molecular flexibility index (Phi) is 4.19. The zero-order chi connectivity index (χ0) is 21.0. The summed E-state index contributed by atoms with van der Waals surface area (Å²) in [5, 5.41) is 4.69. The van der Waals surface area contributed by atoms with Crippen LogP contribution in [0.2, 0.25) is 0 Å². The largest absolute Gasteiger partial charge is 0.221 e. The zero-order valence-corrected chi connectivity index (χ0v) is 18.1. The van der Waals surface area contributed by atoms with E-state index in [1.54, 1.807) is 0 Å². The lowest BCUT2D eigenvalue weighted by Gasteiger charge is -2.15. The van der Waals surface area contributed by atoms with E-state index in [1.807, 2.05) is 0 Å². The Bertz CT molecular complexity index is 1280. The molecule has 1 aromatic heterocycles. The van der Waals surface area contributed by atoms with E-state index in [9.17, 15) is 0 Å². The van der Waals surface area contributed by atoms with Crippen LogP contribution in [0, 0.1) is 27.7 Å². The van der Waals surface area contributed by atoms with Gasteiger partial charge in [-0.2, -0.15) is 4.57 Å². The number of rotatable bonds is 2. The highest BCUT2D eigenvalue weighted by Gasteiger charge is 2.22. The highest BCUT2D eigenvalue weighted by molar-refractivity contribution is 6.13. The van der Waals surface area contributed by atoms with E-state index in [0.717, 1.165) is 11.1 Å². The maximum absolute atomic E-state index is 8.82. The van der Waals surface area contributed by atoms with Crippen LogP contribution in [0.3, 0.4) is 0 Å². The molecule has 1 heterocycles. The topological polar surface area (TPSA) is 3.88 Å². The number of hydrogen-bond donors (Lipinski definition) is 0. The molecule has 0 fully saturated rings. The van der Waals surface area contributed by atoms with E-state index in [4.69, 9.17) is 1.37 Å². The van der Waals surface area contributed by atoms with Crippen LogP contribution in [0.4, 0.5) is 0 Å². The normalized spacial score (nSPS) is 12.2. The molecule has 1 nitrogen and oxygen atoms in total. The molecule has 0 saturated heterocycles. The minimum Gasteiger partial charge on any atom is -0.198 e. The van der Waals surface area contributed by atoms with Crippen molar-refractivity contribution in [2.75, 3.05) is 0 Å². The van der Waals surface area contributed by atoms with Crippen molar-refractivity contribution in [2.24, 2.45) is 7.05 Å². The average molecular weight is 370 g/mol. The third-order valence-corrected chi connectivity index (χ3v) is 6.17. The fraction of sp³-hybridized carbons (Fsp3) is 0.296. The minimum atomic E-state index is 0.468. The van der Waals surface area contributed by atoms with Crippen molar-refractivity contribution in [1.29, 1.82) is 0 Å². The van der Waals surface area contributed by atoms with Gasteiger partial charge in [0.1, 0.15) is 7.05 Å². The fourth-order valence-electron chi connectivity index (χ4n) is 4.27. The van der Waals surface area contributed by atoms with Gasteiger partial charge in [-0.25, -0.2) is 0 Å². The molecule has 1 heteroatoms. The average Bonchev–Trinajstić information content (AvgIpc) is 2.69. The van der Waals surface area contributed by atoms with E-state index in [2.05, 4.69) is 95.6 Å². The molecule has 28 heavy (non-hydrogen) atoms. The molecule has 0 aliphatic heterocycles. The number of pyridine rings is 1. The van der Waals surface area contributed by atoms with E-state index >= 15 is 0 Å². The summed E-state index contributed by atoms with van der Waals surface area (Å²) >= 11 is 0. The molecular weight excluding hydrogens is 338 g/mol. The molecule has 0 aliphatic rings. The summed E-state index contributed by atoms with van der Waals surface area (Å²) in [6.07, 6.45) is 0. The first-order valence-corrected chi connectivity index (χ1v) is 10.1. The van der Waals surface area contributed by atoms with Crippen LogP contribution in [0.5, 0.6) is 0 Å². The zero-order valence-electron chi connectivity index (χ0n) is 19.1. The van der Waals surface area contributed by atoms with Gasteiger partial charge in [0.15, 0.2) is 5.69 Å². The number of nitrogens with zero attached hydrogens (tertiary/aromatic N) is 1. The third-order valence-electron chi connectivity index (χ3n) is 6.17. The lowest BCUT2D eigenvalue weighted by atomic mass is 9.90. The Balaban J connectivity index is 2.29. The van der Waals surface area contributed by atoms with E-state index in [-0.39, 0.29) is 0 Å². The Labute approximate surface area is 170 Å². The number of benzene rings is 3. The Morgan fingerprint density at radius 3 is 2.29 bits per heavy atom. The number of fused-ring (bicyclic) bond motifs is 3. The van der Waals surface area contributed by atoms with Gasteiger partial charge in [-0.15, -0.1) is 0 Å². The standard InChI is InChI=1S/C27H30N/c1-16(2)22-10-8-21-9-11-23-14-19(5)28(7)27(26(23)25(21)15-22)24-13-17(3)12-18(4)20(24)6/h8-16H,1-7H3/q+1/i14D. The predicted octanol–water partition coefficient (Wildman–Crippen LogP) is 6.84. The Morgan fingerprint density at radius 1 is 0.893 bits per heavy atom. The van der Waals surface area contributed by atoms with Crippen LogP contribution in [-0.2, 0) is 7.05 Å². The molecule has 0 saturated carbocycles. The van der Waals surface area contributed by atoms with Gasteiger partial charge < -0.3 is 0 Å². The van der Waals surface area contributed by atoms with Gasteiger partial charge in [0.25, 0.3) is 0 Å². The quantitative estimate of drug-likeness (QED) is 0.269. The van der Waals surface area contributed by atoms with Crippen molar-refractivity contribution in [3.8, 4) is 11.3 Å². The van der Waals surface area contributed by atoms with Gasteiger partial charge in [0.05, 0.1) is 12.3 Å². The lowest BCUT2D eigenvalue weighted by Crippen LogP contribution is -2.35. The fourth-order valence-corrected chi connectivity index (χ4v) is 4.27. The molecule has 4 rings (SSSR count). The number of aromatic nitrogens is 1. The second kappa shape index (κ2) is 6.74. The SMILES string of the molecule is [2H]c1c(C)[n+](C)c(-c2cc(C)cc(C)c2C)c2c1ccc1ccc(C(C)C)cc12. The van der Waals surface area contributed by atoms with Gasteiger partial charge in [-0.3, -0.25) is 0 Å². The third kappa shape index (κ3) is 2.90. The van der Waals surface area contributed by atoms with Crippen molar-refractivity contribution in [1.82, 2.24) is 0 Å². The predicted molar refractivity (Wildman–Crippen MR) is 121 cm³/mol. The summed E-state index contributed by atoms with van der Waals surface area (Å²) in [5.41, 5.74) is 8.69. The van der Waals surface area contributed by atoms with Gasteiger partial charge in [0, 0.05) is 13.0 Å². The molecule has 0 atom stereocenters. The Morgan fingerprint density at radius 2 is 1.57 bits per heavy atom. The van der Waals surface area contributed by atoms with Crippen molar-refractivity contribution in [3.63, 3.8) is 0 Å². The molecule has 3 aromatic carbocycles. The summed E-state index contributed by atoms with van der Waals surface area (Å²) in [4.78, 5) is 0. The molecule has 0 N–H and O–H groups in total. The molecule has 0 amide bonds. The second-order valence-corrected chi connectivity index (χ2v) is 8.50. The van der Waals surface area contributed by atoms with Crippen LogP contribution >= 0.6 is 0 Å². The molecule has 0 bridgehead atoms. The molecular formula is C27H30N+.